The van der Waals surface area contributed by atoms with Gasteiger partial charge in [0.15, 0.2) is 0 Å². The summed E-state index contributed by atoms with van der Waals surface area (Å²) in [5.41, 5.74) is -0.576. The number of allylic oxidation sites excluding steroid dienone is 1. The van der Waals surface area contributed by atoms with Crippen molar-refractivity contribution in [3.8, 4) is 0 Å². The molecule has 4 heteroatoms. The first kappa shape index (κ1) is 12.0. The van der Waals surface area contributed by atoms with Gasteiger partial charge in [0.1, 0.15) is 0 Å². The molecule has 1 fully saturated rings. The number of nitrogens with one attached hydrogen (secondary N) is 1. The number of hydrogen-bond donors (Lipinski definition) is 2. The van der Waals surface area contributed by atoms with Gasteiger partial charge in [0, 0.05) is 45.0 Å². The summed E-state index contributed by atoms with van der Waals surface area (Å²) >= 11 is 5.48. The largest absolute Gasteiger partial charge is 0.388 e. The Hall–Kier alpha value is -0.0900. The first-order valence-electron chi connectivity index (χ1n) is 4.99. The fraction of sp³-hybridized carbons (Fsp3) is 0.800. The molecule has 1 aliphatic heterocycles. The molecule has 0 unspecified atom stereocenters. The molecular weight excluding hydrogens is 202 g/mol. The lowest BCUT2D eigenvalue weighted by molar-refractivity contribution is -0.0610. The SMILES string of the molecule is OC1(CNC/C=C/CCl)CCOCC1. The molecule has 1 saturated heterocycles. The van der Waals surface area contributed by atoms with Crippen LogP contribution in [0, 0.1) is 0 Å². The van der Waals surface area contributed by atoms with Crippen molar-refractivity contribution in [2.24, 2.45) is 0 Å². The molecule has 0 amide bonds. The van der Waals surface area contributed by atoms with Gasteiger partial charge in [-0.3, -0.25) is 0 Å². The van der Waals surface area contributed by atoms with Crippen LogP contribution in [0.4, 0.5) is 0 Å². The van der Waals surface area contributed by atoms with Crippen LogP contribution in [0.15, 0.2) is 12.2 Å². The van der Waals surface area contributed by atoms with Crippen molar-refractivity contribution in [2.75, 3.05) is 32.2 Å². The van der Waals surface area contributed by atoms with Crippen molar-refractivity contribution in [3.05, 3.63) is 12.2 Å². The van der Waals surface area contributed by atoms with Crippen molar-refractivity contribution >= 4 is 11.6 Å². The molecule has 0 saturated carbocycles. The van der Waals surface area contributed by atoms with Gasteiger partial charge in [-0.15, -0.1) is 11.6 Å². The van der Waals surface area contributed by atoms with Gasteiger partial charge in [-0.1, -0.05) is 12.2 Å². The highest BCUT2D eigenvalue weighted by Crippen LogP contribution is 2.18. The standard InChI is InChI=1S/C10H18ClNO2/c11-5-1-2-6-12-9-10(13)3-7-14-8-4-10/h1-2,12-13H,3-9H2/b2-1+. The number of alkyl halides is 1. The summed E-state index contributed by atoms with van der Waals surface area (Å²) in [5.74, 6) is 0.541. The summed E-state index contributed by atoms with van der Waals surface area (Å²) in [6, 6.07) is 0. The molecule has 0 aliphatic carbocycles. The number of halogens is 1. The van der Waals surface area contributed by atoms with E-state index in [1.807, 2.05) is 12.2 Å². The lowest BCUT2D eigenvalue weighted by Gasteiger charge is -2.32. The first-order chi connectivity index (χ1) is 6.77. The van der Waals surface area contributed by atoms with Crippen molar-refractivity contribution in [2.45, 2.75) is 18.4 Å². The van der Waals surface area contributed by atoms with Crippen molar-refractivity contribution in [1.29, 1.82) is 0 Å². The van der Waals surface area contributed by atoms with E-state index in [0.29, 0.717) is 25.6 Å². The van der Waals surface area contributed by atoms with E-state index in [1.54, 1.807) is 0 Å². The Balaban J connectivity index is 2.12. The zero-order chi connectivity index (χ0) is 10.3. The smallest absolute Gasteiger partial charge is 0.0815 e. The predicted octanol–water partition coefficient (Wildman–Crippen LogP) is 0.913. The average Bonchev–Trinajstić information content (AvgIpc) is 2.18. The van der Waals surface area contributed by atoms with Crippen LogP contribution in [-0.4, -0.2) is 42.9 Å². The Labute approximate surface area is 90.1 Å². The Morgan fingerprint density at radius 3 is 2.71 bits per heavy atom. The Morgan fingerprint density at radius 2 is 2.07 bits per heavy atom. The molecule has 0 radical (unpaired) electrons. The topological polar surface area (TPSA) is 41.5 Å². The van der Waals surface area contributed by atoms with Crippen molar-refractivity contribution < 1.29 is 9.84 Å². The van der Waals surface area contributed by atoms with Crippen LogP contribution in [0.2, 0.25) is 0 Å². The minimum Gasteiger partial charge on any atom is -0.388 e. The summed E-state index contributed by atoms with van der Waals surface area (Å²) in [6.45, 7) is 2.71. The van der Waals surface area contributed by atoms with Crippen LogP contribution in [-0.2, 0) is 4.74 Å². The Kier molecular flexibility index (Phi) is 5.48. The lowest BCUT2D eigenvalue weighted by atomic mass is 9.94. The monoisotopic (exact) mass is 219 g/mol. The zero-order valence-corrected chi connectivity index (χ0v) is 9.09. The third kappa shape index (κ3) is 4.42. The quantitative estimate of drug-likeness (QED) is 0.411. The van der Waals surface area contributed by atoms with Crippen LogP contribution in [0.1, 0.15) is 12.8 Å². The lowest BCUT2D eigenvalue weighted by Crippen LogP contribution is -2.45. The number of rotatable bonds is 5. The Bertz CT molecular complexity index is 179. The summed E-state index contributed by atoms with van der Waals surface area (Å²) in [6.07, 6.45) is 5.30. The van der Waals surface area contributed by atoms with Gasteiger partial charge in [0.2, 0.25) is 0 Å². The predicted molar refractivity (Wildman–Crippen MR) is 57.7 cm³/mol. The molecule has 0 aromatic carbocycles. The fourth-order valence-electron chi connectivity index (χ4n) is 1.46. The first-order valence-corrected chi connectivity index (χ1v) is 5.52. The second kappa shape index (κ2) is 6.40. The molecule has 0 aromatic heterocycles. The second-order valence-electron chi connectivity index (χ2n) is 3.59. The molecule has 0 atom stereocenters. The van der Waals surface area contributed by atoms with E-state index in [0.717, 1.165) is 19.4 Å². The molecule has 0 spiro atoms. The van der Waals surface area contributed by atoms with Crippen LogP contribution in [0.25, 0.3) is 0 Å². The minimum atomic E-state index is -0.576. The van der Waals surface area contributed by atoms with E-state index in [-0.39, 0.29) is 0 Å². The highest BCUT2D eigenvalue weighted by Gasteiger charge is 2.28. The highest BCUT2D eigenvalue weighted by molar-refractivity contribution is 6.18. The molecule has 0 bridgehead atoms. The molecule has 82 valence electrons. The highest BCUT2D eigenvalue weighted by atomic mass is 35.5. The summed E-state index contributed by atoms with van der Waals surface area (Å²) in [7, 11) is 0. The summed E-state index contributed by atoms with van der Waals surface area (Å²) in [5, 5.41) is 13.2. The Morgan fingerprint density at radius 1 is 1.36 bits per heavy atom. The molecule has 1 aliphatic rings. The van der Waals surface area contributed by atoms with Crippen molar-refractivity contribution in [3.63, 3.8) is 0 Å². The van der Waals surface area contributed by atoms with Gasteiger partial charge in [0.25, 0.3) is 0 Å². The van der Waals surface area contributed by atoms with Crippen LogP contribution < -0.4 is 5.32 Å². The molecule has 14 heavy (non-hydrogen) atoms. The maximum atomic E-state index is 10.0. The van der Waals surface area contributed by atoms with Gasteiger partial charge in [0.05, 0.1) is 5.60 Å². The van der Waals surface area contributed by atoms with E-state index >= 15 is 0 Å². The van der Waals surface area contributed by atoms with Crippen LogP contribution >= 0.6 is 11.6 Å². The van der Waals surface area contributed by atoms with E-state index < -0.39 is 5.60 Å². The number of aliphatic hydroxyl groups is 1. The third-order valence-electron chi connectivity index (χ3n) is 2.40. The van der Waals surface area contributed by atoms with E-state index in [9.17, 15) is 5.11 Å². The molecule has 2 N–H and O–H groups in total. The van der Waals surface area contributed by atoms with E-state index in [4.69, 9.17) is 16.3 Å². The average molecular weight is 220 g/mol. The van der Waals surface area contributed by atoms with Gasteiger partial charge >= 0.3 is 0 Å². The molecule has 0 aromatic rings. The summed E-state index contributed by atoms with van der Waals surface area (Å²) in [4.78, 5) is 0. The third-order valence-corrected chi connectivity index (χ3v) is 2.57. The number of hydrogen-bond acceptors (Lipinski definition) is 3. The van der Waals surface area contributed by atoms with Gasteiger partial charge in [-0.25, -0.2) is 0 Å². The zero-order valence-electron chi connectivity index (χ0n) is 8.34. The fourth-order valence-corrected chi connectivity index (χ4v) is 1.59. The minimum absolute atomic E-state index is 0.541. The van der Waals surface area contributed by atoms with E-state index in [1.165, 1.54) is 0 Å². The maximum Gasteiger partial charge on any atom is 0.0815 e. The maximum absolute atomic E-state index is 10.0. The van der Waals surface area contributed by atoms with Gasteiger partial charge in [-0.2, -0.15) is 0 Å². The van der Waals surface area contributed by atoms with Gasteiger partial charge < -0.3 is 15.2 Å². The molecule has 1 rings (SSSR count). The van der Waals surface area contributed by atoms with E-state index in [2.05, 4.69) is 5.32 Å². The number of ether oxygens (including phenoxy) is 1. The van der Waals surface area contributed by atoms with Gasteiger partial charge in [-0.05, 0) is 0 Å². The van der Waals surface area contributed by atoms with Crippen LogP contribution in [0.3, 0.4) is 0 Å². The van der Waals surface area contributed by atoms with Crippen molar-refractivity contribution in [1.82, 2.24) is 5.32 Å². The summed E-state index contributed by atoms with van der Waals surface area (Å²) < 4.78 is 5.19. The molecule has 1 heterocycles. The van der Waals surface area contributed by atoms with Crippen LogP contribution in [0.5, 0.6) is 0 Å². The normalized spacial score (nSPS) is 21.6. The molecule has 3 nitrogen and oxygen atoms in total. The second-order valence-corrected chi connectivity index (χ2v) is 3.90. The molecular formula is C10H18ClNO2.